The summed E-state index contributed by atoms with van der Waals surface area (Å²) in [6, 6.07) is 0.108. The first-order valence-corrected chi connectivity index (χ1v) is 8.58. The van der Waals surface area contributed by atoms with Crippen LogP contribution in [0.1, 0.15) is 62.7 Å². The van der Waals surface area contributed by atoms with Crippen molar-refractivity contribution in [3.8, 4) is 0 Å². The third-order valence-corrected chi connectivity index (χ3v) is 5.29. The van der Waals surface area contributed by atoms with Crippen molar-refractivity contribution >= 4 is 5.91 Å². The molecule has 3 aliphatic rings. The van der Waals surface area contributed by atoms with E-state index in [9.17, 15) is 4.79 Å². The third kappa shape index (κ3) is 2.64. The molecule has 2 unspecified atom stereocenters. The van der Waals surface area contributed by atoms with Gasteiger partial charge in [-0.1, -0.05) is 5.16 Å². The van der Waals surface area contributed by atoms with E-state index < -0.39 is 0 Å². The summed E-state index contributed by atoms with van der Waals surface area (Å²) in [4.78, 5) is 21.4. The number of hydrogen-bond acceptors (Lipinski definition) is 5. The molecule has 1 saturated carbocycles. The summed E-state index contributed by atoms with van der Waals surface area (Å²) >= 11 is 0. The van der Waals surface area contributed by atoms with Crippen LogP contribution in [0.25, 0.3) is 0 Å². The summed E-state index contributed by atoms with van der Waals surface area (Å²) in [5.74, 6) is 2.58. The lowest BCUT2D eigenvalue weighted by molar-refractivity contribution is -0.134. The minimum absolute atomic E-state index is 0.108. The maximum absolute atomic E-state index is 12.5. The molecule has 6 heteroatoms. The van der Waals surface area contributed by atoms with Gasteiger partial charge in [-0.2, -0.15) is 4.98 Å². The lowest BCUT2D eigenvalue weighted by Gasteiger charge is -2.22. The van der Waals surface area contributed by atoms with E-state index in [4.69, 9.17) is 4.52 Å². The third-order valence-electron chi connectivity index (χ3n) is 5.29. The molecule has 2 atom stereocenters. The lowest BCUT2D eigenvalue weighted by Crippen LogP contribution is -2.35. The van der Waals surface area contributed by atoms with Crippen molar-refractivity contribution in [2.75, 3.05) is 26.2 Å². The van der Waals surface area contributed by atoms with E-state index in [-0.39, 0.29) is 12.0 Å². The van der Waals surface area contributed by atoms with Gasteiger partial charge in [-0.25, -0.2) is 0 Å². The SMILES string of the molecule is CC(c1nc(C2CC2)no1)N1CCC(C(=O)N2CCCC2)C1. The second kappa shape index (κ2) is 5.65. The Morgan fingerprint density at radius 2 is 2.00 bits per heavy atom. The fraction of sp³-hybridized carbons (Fsp3) is 0.812. The van der Waals surface area contributed by atoms with Gasteiger partial charge in [0.1, 0.15) is 0 Å². The Morgan fingerprint density at radius 3 is 2.73 bits per heavy atom. The second-order valence-electron chi connectivity index (χ2n) is 6.95. The molecule has 3 fully saturated rings. The molecular weight excluding hydrogens is 280 g/mol. The number of rotatable bonds is 4. The van der Waals surface area contributed by atoms with Crippen molar-refractivity contribution < 1.29 is 9.32 Å². The number of carbonyl (C=O) groups excluding carboxylic acids is 1. The predicted octanol–water partition coefficient (Wildman–Crippen LogP) is 1.95. The zero-order chi connectivity index (χ0) is 15.1. The summed E-state index contributed by atoms with van der Waals surface area (Å²) in [5.41, 5.74) is 0. The van der Waals surface area contributed by atoms with Crippen molar-refractivity contribution in [2.45, 2.75) is 51.0 Å². The molecule has 4 rings (SSSR count). The minimum Gasteiger partial charge on any atom is -0.342 e. The van der Waals surface area contributed by atoms with E-state index >= 15 is 0 Å². The van der Waals surface area contributed by atoms with Crippen molar-refractivity contribution in [3.63, 3.8) is 0 Å². The number of hydrogen-bond donors (Lipinski definition) is 0. The maximum Gasteiger partial charge on any atom is 0.243 e. The summed E-state index contributed by atoms with van der Waals surface area (Å²) < 4.78 is 5.44. The van der Waals surface area contributed by atoms with Gasteiger partial charge in [0.15, 0.2) is 5.82 Å². The van der Waals surface area contributed by atoms with Crippen LogP contribution in [0.5, 0.6) is 0 Å². The summed E-state index contributed by atoms with van der Waals surface area (Å²) in [7, 11) is 0. The van der Waals surface area contributed by atoms with Crippen molar-refractivity contribution in [2.24, 2.45) is 5.92 Å². The monoisotopic (exact) mass is 304 g/mol. The molecule has 1 aliphatic carbocycles. The van der Waals surface area contributed by atoms with E-state index in [1.165, 1.54) is 12.8 Å². The molecule has 0 radical (unpaired) electrons. The summed E-state index contributed by atoms with van der Waals surface area (Å²) in [6.07, 6.45) is 5.63. The molecule has 3 heterocycles. The lowest BCUT2D eigenvalue weighted by atomic mass is 10.1. The van der Waals surface area contributed by atoms with E-state index in [0.29, 0.717) is 17.7 Å². The normalized spacial score (nSPS) is 27.5. The highest BCUT2D eigenvalue weighted by Gasteiger charge is 2.36. The maximum atomic E-state index is 12.5. The smallest absolute Gasteiger partial charge is 0.243 e. The molecule has 0 spiro atoms. The molecule has 2 aliphatic heterocycles. The minimum atomic E-state index is 0.108. The first kappa shape index (κ1) is 14.2. The van der Waals surface area contributed by atoms with Crippen molar-refractivity contribution in [1.82, 2.24) is 19.9 Å². The molecule has 1 aromatic heterocycles. The van der Waals surface area contributed by atoms with Crippen LogP contribution in [-0.4, -0.2) is 52.0 Å². The number of aromatic nitrogens is 2. The molecule has 0 aromatic carbocycles. The quantitative estimate of drug-likeness (QED) is 0.851. The van der Waals surface area contributed by atoms with E-state index in [2.05, 4.69) is 22.0 Å². The molecule has 1 aromatic rings. The zero-order valence-electron chi connectivity index (χ0n) is 13.2. The van der Waals surface area contributed by atoms with Crippen molar-refractivity contribution in [3.05, 3.63) is 11.7 Å². The van der Waals surface area contributed by atoms with Crippen LogP contribution in [0.4, 0.5) is 0 Å². The number of likely N-dealkylation sites (tertiary alicyclic amines) is 2. The highest BCUT2D eigenvalue weighted by Crippen LogP contribution is 2.39. The number of nitrogens with zero attached hydrogens (tertiary/aromatic N) is 4. The van der Waals surface area contributed by atoms with Crippen LogP contribution in [0.2, 0.25) is 0 Å². The highest BCUT2D eigenvalue weighted by molar-refractivity contribution is 5.79. The van der Waals surface area contributed by atoms with Gasteiger partial charge in [0.25, 0.3) is 0 Å². The topological polar surface area (TPSA) is 62.5 Å². The Labute approximate surface area is 130 Å². The summed E-state index contributed by atoms with van der Waals surface area (Å²) in [5, 5.41) is 4.10. The van der Waals surface area contributed by atoms with Crippen LogP contribution in [0, 0.1) is 5.92 Å². The van der Waals surface area contributed by atoms with Gasteiger partial charge in [0.05, 0.1) is 12.0 Å². The van der Waals surface area contributed by atoms with Gasteiger partial charge in [0, 0.05) is 25.6 Å². The number of carbonyl (C=O) groups is 1. The Balaban J connectivity index is 1.37. The molecule has 1 amide bonds. The van der Waals surface area contributed by atoms with E-state index in [0.717, 1.165) is 51.3 Å². The molecular formula is C16H24N4O2. The molecule has 2 saturated heterocycles. The Morgan fingerprint density at radius 1 is 1.23 bits per heavy atom. The van der Waals surface area contributed by atoms with Crippen LogP contribution in [-0.2, 0) is 4.79 Å². The Kier molecular flexibility index (Phi) is 3.64. The molecule has 6 nitrogen and oxygen atoms in total. The van der Waals surface area contributed by atoms with Crippen LogP contribution in [0.15, 0.2) is 4.52 Å². The van der Waals surface area contributed by atoms with E-state index in [1.54, 1.807) is 0 Å². The average molecular weight is 304 g/mol. The van der Waals surface area contributed by atoms with Gasteiger partial charge >= 0.3 is 0 Å². The Bertz CT molecular complexity index is 548. The van der Waals surface area contributed by atoms with Crippen LogP contribution < -0.4 is 0 Å². The zero-order valence-corrected chi connectivity index (χ0v) is 13.2. The van der Waals surface area contributed by atoms with Gasteiger partial charge in [-0.05, 0) is 45.6 Å². The first-order valence-electron chi connectivity index (χ1n) is 8.58. The van der Waals surface area contributed by atoms with Gasteiger partial charge < -0.3 is 9.42 Å². The molecule has 120 valence electrons. The first-order chi connectivity index (χ1) is 10.7. The predicted molar refractivity (Wildman–Crippen MR) is 80.2 cm³/mol. The second-order valence-corrected chi connectivity index (χ2v) is 6.95. The summed E-state index contributed by atoms with van der Waals surface area (Å²) in [6.45, 7) is 5.75. The average Bonchev–Trinajstić information content (AvgIpc) is 3.04. The Hall–Kier alpha value is -1.43. The fourth-order valence-electron chi connectivity index (χ4n) is 3.62. The van der Waals surface area contributed by atoms with Crippen molar-refractivity contribution in [1.29, 1.82) is 0 Å². The van der Waals surface area contributed by atoms with Crippen LogP contribution in [0.3, 0.4) is 0 Å². The standard InChI is InChI=1S/C16H24N4O2/c1-11(15-17-14(18-22-15)12-4-5-12)20-9-6-13(10-20)16(21)19-7-2-3-8-19/h11-13H,2-10H2,1H3. The van der Waals surface area contributed by atoms with Gasteiger partial charge in [0.2, 0.25) is 11.8 Å². The van der Waals surface area contributed by atoms with Gasteiger partial charge in [-0.15, -0.1) is 0 Å². The number of amides is 1. The molecule has 22 heavy (non-hydrogen) atoms. The highest BCUT2D eigenvalue weighted by atomic mass is 16.5. The fourth-order valence-corrected chi connectivity index (χ4v) is 3.62. The largest absolute Gasteiger partial charge is 0.342 e. The molecule has 0 N–H and O–H groups in total. The van der Waals surface area contributed by atoms with Gasteiger partial charge in [-0.3, -0.25) is 9.69 Å². The van der Waals surface area contributed by atoms with Crippen LogP contribution >= 0.6 is 0 Å². The van der Waals surface area contributed by atoms with E-state index in [1.807, 2.05) is 4.90 Å². The molecule has 0 bridgehead atoms.